The Morgan fingerprint density at radius 2 is 1.32 bits per heavy atom. The first-order valence-corrected chi connectivity index (χ1v) is 28.1. The number of hydrogen-bond donors (Lipinski definition) is 7. The lowest BCUT2D eigenvalue weighted by atomic mass is 9.74. The Balaban J connectivity index is 0.00000101. The van der Waals surface area contributed by atoms with Crippen LogP contribution in [-0.4, -0.2) is 178 Å². The van der Waals surface area contributed by atoms with Gasteiger partial charge < -0.3 is 63.6 Å². The molecule has 3 aliphatic heterocycles. The summed E-state index contributed by atoms with van der Waals surface area (Å²) in [6.45, 7) is 21.0. The number of carbonyl (C=O) groups is 3. The third-order valence-electron chi connectivity index (χ3n) is 14.9. The molecule has 3 rings (SSSR count). The predicted molar refractivity (Wildman–Crippen MR) is 274 cm³/mol. The van der Waals surface area contributed by atoms with Crippen molar-refractivity contribution < 1.29 is 90.6 Å². The first-order valence-electron chi connectivity index (χ1n) is 26.7. The van der Waals surface area contributed by atoms with Crippen LogP contribution in [0.1, 0.15) is 179 Å². The molecule has 7 N–H and O–H groups in total. The third kappa shape index (κ3) is 22.5. The van der Waals surface area contributed by atoms with Crippen LogP contribution in [0.4, 0.5) is 0 Å². The van der Waals surface area contributed by atoms with Crippen molar-refractivity contribution in [3.05, 3.63) is 0 Å². The van der Waals surface area contributed by atoms with Crippen molar-refractivity contribution in [3.63, 3.8) is 0 Å². The summed E-state index contributed by atoms with van der Waals surface area (Å²) in [4.78, 5) is 40.6. The highest BCUT2D eigenvalue weighted by Crippen LogP contribution is 2.41. The van der Waals surface area contributed by atoms with E-state index in [4.69, 9.17) is 50.7 Å². The Labute approximate surface area is 437 Å². The Morgan fingerprint density at radius 1 is 0.781 bits per heavy atom. The highest BCUT2D eigenvalue weighted by Gasteiger charge is 2.53. The first-order chi connectivity index (χ1) is 33.7. The number of aliphatic hydroxyl groups is 5. The van der Waals surface area contributed by atoms with E-state index in [-0.39, 0.29) is 37.4 Å². The fraction of sp³-hybridized carbons (Fsp3) is 0.942. The number of nitrogens with zero attached hydrogens (tertiary/aromatic N) is 1. The van der Waals surface area contributed by atoms with Gasteiger partial charge in [-0.3, -0.25) is 23.5 Å². The SMILES string of the molecule is CCCCCCCCCCCCOC(=O)CC.CC[C@H]1OC(=O)[C@H](C)[C@@H](O[C@H]2C[C@@](C)(OC)[C@@H](O)[C@H](C)O2)[C@H](C)[C@@H](O[C@@H]2O[C@H](C)C[C@H](N(C)C)[C@H]2O)[C@](C)(O)C[C@@H](C)C(=O)[C@H](C)[C@@H](O)[C@]1(C)O.O=S(=O)(O)O. The number of ether oxygens (including phenoxy) is 7. The molecule has 432 valence electrons. The molecular weight excluding hydrogens is 975 g/mol. The van der Waals surface area contributed by atoms with Gasteiger partial charge in [-0.1, -0.05) is 99.3 Å². The second-order valence-electron chi connectivity index (χ2n) is 21.7. The molecule has 0 aromatic rings. The Kier molecular flexibility index (Phi) is 30.3. The van der Waals surface area contributed by atoms with Crippen LogP contribution in [0.2, 0.25) is 0 Å². The molecule has 0 radical (unpaired) electrons. The molecule has 0 saturated carbocycles. The minimum Gasteiger partial charge on any atom is -0.466 e. The van der Waals surface area contributed by atoms with Gasteiger partial charge >= 0.3 is 22.3 Å². The lowest BCUT2D eigenvalue weighted by molar-refractivity contribution is -0.318. The summed E-state index contributed by atoms with van der Waals surface area (Å²) in [5, 5.41) is 57.6. The molecule has 3 aliphatic rings. The fourth-order valence-corrected chi connectivity index (χ4v) is 10.3. The van der Waals surface area contributed by atoms with Crippen LogP contribution in [0, 0.1) is 23.7 Å². The quantitative estimate of drug-likeness (QED) is 0.0444. The lowest BCUT2D eigenvalue weighted by Gasteiger charge is -2.49. The smallest absolute Gasteiger partial charge is 0.394 e. The van der Waals surface area contributed by atoms with Crippen LogP contribution in [0.5, 0.6) is 0 Å². The highest BCUT2D eigenvalue weighted by molar-refractivity contribution is 7.79. The van der Waals surface area contributed by atoms with E-state index in [1.165, 1.54) is 85.7 Å². The van der Waals surface area contributed by atoms with Gasteiger partial charge in [0.2, 0.25) is 0 Å². The van der Waals surface area contributed by atoms with Gasteiger partial charge in [-0.25, -0.2) is 0 Å². The van der Waals surface area contributed by atoms with Crippen LogP contribution in [0.15, 0.2) is 0 Å². The highest BCUT2D eigenvalue weighted by atomic mass is 32.3. The Hall–Kier alpha value is -1.96. The van der Waals surface area contributed by atoms with Crippen molar-refractivity contribution >= 4 is 28.1 Å². The Morgan fingerprint density at radius 3 is 1.81 bits per heavy atom. The molecule has 18 atom stereocenters. The topological polar surface area (TPSA) is 295 Å². The normalized spacial score (nSPS) is 38.0. The molecule has 0 amide bonds. The maximum Gasteiger partial charge on any atom is 0.394 e. The molecule has 0 unspecified atom stereocenters. The van der Waals surface area contributed by atoms with E-state index in [2.05, 4.69) is 6.92 Å². The lowest BCUT2D eigenvalue weighted by Crippen LogP contribution is -2.61. The van der Waals surface area contributed by atoms with Gasteiger partial charge in [-0.15, -0.1) is 0 Å². The molecule has 0 aliphatic carbocycles. The molecule has 0 aromatic carbocycles. The molecule has 3 heterocycles. The number of esters is 2. The van der Waals surface area contributed by atoms with E-state index < -0.39 is 118 Å². The second-order valence-corrected chi connectivity index (χ2v) is 22.6. The number of unbranched alkanes of at least 4 members (excludes halogenated alkanes) is 9. The van der Waals surface area contributed by atoms with Gasteiger partial charge in [0.25, 0.3) is 0 Å². The number of rotatable bonds is 19. The molecule has 0 bridgehead atoms. The summed E-state index contributed by atoms with van der Waals surface area (Å²) in [6.07, 6.45) is 3.95. The molecule has 73 heavy (non-hydrogen) atoms. The van der Waals surface area contributed by atoms with Gasteiger partial charge in [-0.05, 0) is 81.3 Å². The molecule has 3 saturated heterocycles. The van der Waals surface area contributed by atoms with Crippen molar-refractivity contribution in [1.82, 2.24) is 4.90 Å². The summed E-state index contributed by atoms with van der Waals surface area (Å²) < 4.78 is 73.7. The van der Waals surface area contributed by atoms with Crippen molar-refractivity contribution in [1.29, 1.82) is 0 Å². The zero-order valence-corrected chi connectivity index (χ0v) is 47.7. The zero-order chi connectivity index (χ0) is 56.2. The van der Waals surface area contributed by atoms with Crippen LogP contribution < -0.4 is 0 Å². The van der Waals surface area contributed by atoms with Gasteiger partial charge in [0.05, 0.1) is 54.2 Å². The largest absolute Gasteiger partial charge is 0.466 e. The molecular formula is C52H99NO19S. The molecule has 21 heteroatoms. The number of Topliss-reactive ketones (excluding diaryl/α,β-unsaturated/α-hetero) is 1. The van der Waals surface area contributed by atoms with E-state index in [1.54, 1.807) is 41.5 Å². The number of carbonyl (C=O) groups excluding carboxylic acids is 3. The average Bonchev–Trinajstić information content (AvgIpc) is 3.30. The van der Waals surface area contributed by atoms with Crippen LogP contribution >= 0.6 is 0 Å². The maximum absolute atomic E-state index is 14.1. The third-order valence-corrected chi connectivity index (χ3v) is 14.9. The van der Waals surface area contributed by atoms with Crippen molar-refractivity contribution in [2.75, 3.05) is 27.8 Å². The standard InChI is InChI=1S/C37H67NO13.C15H30O2.H2O4S/c1-14-25-37(10,45)30(41)20(4)27(39)18(2)16-35(8,44)32(51-34-28(40)24(38(11)12)15-19(3)47-34)21(5)29(22(6)33(43)49-25)50-26-17-36(9,46-13)31(42)23(7)48-26;1-3-5-6-7-8-9-10-11-12-13-14-17-15(16)4-2;1-5(2,3)4/h18-26,28-32,34,40-42,44-45H,14-17H2,1-13H3;3-14H2,1-2H3;(H2,1,2,3,4)/t18-,19-,20+,21+,22-,23+,24+,25-,26+,28-,29+,30-,31+,32-,34+,35-,36-,37-;;/m1../s1. The van der Waals surface area contributed by atoms with E-state index in [0.717, 1.165) is 6.42 Å². The summed E-state index contributed by atoms with van der Waals surface area (Å²) >= 11 is 0. The van der Waals surface area contributed by atoms with Crippen LogP contribution in [-0.2, 0) is 57.9 Å². The average molecular weight is 1070 g/mol. The van der Waals surface area contributed by atoms with Gasteiger partial charge in [0.15, 0.2) is 12.6 Å². The number of likely N-dealkylation sites (N-methyl/N-ethyl adjacent to an activating group) is 1. The summed E-state index contributed by atoms with van der Waals surface area (Å²) in [6, 6.07) is -0.324. The van der Waals surface area contributed by atoms with Gasteiger partial charge in [0.1, 0.15) is 29.7 Å². The fourth-order valence-electron chi connectivity index (χ4n) is 10.3. The van der Waals surface area contributed by atoms with Gasteiger partial charge in [-0.2, -0.15) is 8.42 Å². The second kappa shape index (κ2) is 32.1. The Bertz CT molecular complexity index is 1710. The van der Waals surface area contributed by atoms with Crippen molar-refractivity contribution in [2.24, 2.45) is 23.7 Å². The van der Waals surface area contributed by atoms with Crippen molar-refractivity contribution in [2.45, 2.75) is 264 Å². The van der Waals surface area contributed by atoms with E-state index in [1.807, 2.05) is 32.8 Å². The van der Waals surface area contributed by atoms with Crippen LogP contribution in [0.25, 0.3) is 0 Å². The maximum atomic E-state index is 14.1. The minimum atomic E-state index is -4.67. The number of aliphatic hydroxyl groups excluding tert-OH is 3. The predicted octanol–water partition coefficient (Wildman–Crippen LogP) is 5.99. The van der Waals surface area contributed by atoms with Gasteiger partial charge in [0, 0.05) is 43.7 Å². The molecule has 0 spiro atoms. The summed E-state index contributed by atoms with van der Waals surface area (Å²) in [7, 11) is 0.510. The molecule has 3 fully saturated rings. The minimum absolute atomic E-state index is 0.0686. The summed E-state index contributed by atoms with van der Waals surface area (Å²) in [5.74, 6) is -5.05. The van der Waals surface area contributed by atoms with E-state index >= 15 is 0 Å². The van der Waals surface area contributed by atoms with Crippen molar-refractivity contribution in [3.8, 4) is 0 Å². The summed E-state index contributed by atoms with van der Waals surface area (Å²) in [5.41, 5.74) is -4.84. The van der Waals surface area contributed by atoms with E-state index in [0.29, 0.717) is 19.4 Å². The zero-order valence-electron chi connectivity index (χ0n) is 46.9. The molecule has 20 nitrogen and oxygen atoms in total. The number of cyclic esters (lactones) is 1. The number of methoxy groups -OCH3 is 1. The molecule has 0 aromatic heterocycles. The number of ketones is 1. The first kappa shape index (κ1) is 69.1. The number of hydrogen-bond acceptors (Lipinski definition) is 18. The van der Waals surface area contributed by atoms with Crippen LogP contribution in [0.3, 0.4) is 0 Å². The van der Waals surface area contributed by atoms with E-state index in [9.17, 15) is 39.9 Å². The monoisotopic (exact) mass is 1070 g/mol.